The second kappa shape index (κ2) is 4.17. The number of nitro groups is 1. The number of aryl methyl sites for hydroxylation is 1. The summed E-state index contributed by atoms with van der Waals surface area (Å²) < 4.78 is 0. The van der Waals surface area contributed by atoms with E-state index < -0.39 is 11.0 Å². The number of hydrogen-bond donors (Lipinski definition) is 2. The molecular formula is C9H12N2O3. The van der Waals surface area contributed by atoms with E-state index in [9.17, 15) is 15.2 Å². The van der Waals surface area contributed by atoms with Crippen molar-refractivity contribution in [1.29, 1.82) is 0 Å². The first-order chi connectivity index (χ1) is 6.56. The van der Waals surface area contributed by atoms with Gasteiger partial charge in [-0.15, -0.1) is 0 Å². The highest BCUT2D eigenvalue weighted by molar-refractivity contribution is 5.42. The van der Waals surface area contributed by atoms with Gasteiger partial charge in [0.05, 0.1) is 11.0 Å². The molecule has 0 saturated carbocycles. The average molecular weight is 196 g/mol. The molecule has 5 heteroatoms. The van der Waals surface area contributed by atoms with E-state index in [1.807, 2.05) is 0 Å². The summed E-state index contributed by atoms with van der Waals surface area (Å²) in [4.78, 5) is 10.0. The molecular weight excluding hydrogens is 184 g/mol. The van der Waals surface area contributed by atoms with Crippen LogP contribution in [0.1, 0.15) is 17.2 Å². The van der Waals surface area contributed by atoms with E-state index >= 15 is 0 Å². The van der Waals surface area contributed by atoms with E-state index in [2.05, 4.69) is 0 Å². The lowest BCUT2D eigenvalue weighted by atomic mass is 10.1. The van der Waals surface area contributed by atoms with E-state index in [0.29, 0.717) is 11.1 Å². The Bertz CT molecular complexity index is 352. The number of nitrogens with zero attached hydrogens (tertiary/aromatic N) is 1. The highest BCUT2D eigenvalue weighted by Gasteiger charge is 2.12. The van der Waals surface area contributed by atoms with Crippen molar-refractivity contribution in [3.8, 4) is 0 Å². The Balaban J connectivity index is 3.06. The van der Waals surface area contributed by atoms with Crippen molar-refractivity contribution < 1.29 is 10.0 Å². The van der Waals surface area contributed by atoms with Gasteiger partial charge in [0.15, 0.2) is 0 Å². The van der Waals surface area contributed by atoms with E-state index in [-0.39, 0.29) is 12.2 Å². The zero-order valence-corrected chi connectivity index (χ0v) is 7.80. The van der Waals surface area contributed by atoms with Gasteiger partial charge in [-0.25, -0.2) is 0 Å². The van der Waals surface area contributed by atoms with Gasteiger partial charge in [-0.3, -0.25) is 10.1 Å². The third kappa shape index (κ3) is 2.07. The van der Waals surface area contributed by atoms with Crippen LogP contribution in [0.2, 0.25) is 0 Å². The topological polar surface area (TPSA) is 89.4 Å². The Labute approximate surface area is 81.3 Å². The Morgan fingerprint density at radius 1 is 1.64 bits per heavy atom. The van der Waals surface area contributed by atoms with Crippen molar-refractivity contribution in [2.24, 2.45) is 5.73 Å². The maximum absolute atomic E-state index is 10.5. The molecule has 0 bridgehead atoms. The second-order valence-electron chi connectivity index (χ2n) is 3.05. The lowest BCUT2D eigenvalue weighted by molar-refractivity contribution is -0.385. The molecule has 3 N–H and O–H groups in total. The molecule has 1 aromatic rings. The molecule has 0 radical (unpaired) electrons. The normalized spacial score (nSPS) is 12.5. The summed E-state index contributed by atoms with van der Waals surface area (Å²) in [6.45, 7) is 1.74. The predicted molar refractivity (Wildman–Crippen MR) is 51.8 cm³/mol. The minimum atomic E-state index is -0.755. The van der Waals surface area contributed by atoms with Crippen LogP contribution in [0.4, 0.5) is 5.69 Å². The quantitative estimate of drug-likeness (QED) is 0.555. The summed E-state index contributed by atoms with van der Waals surface area (Å²) in [6, 6.07) is 4.47. The predicted octanol–water partition coefficient (Wildman–Crippen LogP) is 0.895. The summed E-state index contributed by atoms with van der Waals surface area (Å²) in [5, 5.41) is 19.9. The molecule has 5 nitrogen and oxygen atoms in total. The lowest BCUT2D eigenvalue weighted by Crippen LogP contribution is -2.11. The van der Waals surface area contributed by atoms with Crippen molar-refractivity contribution in [3.05, 3.63) is 39.4 Å². The zero-order chi connectivity index (χ0) is 10.7. The third-order valence-electron chi connectivity index (χ3n) is 2.03. The molecule has 0 saturated heterocycles. The molecule has 1 unspecified atom stereocenters. The fourth-order valence-electron chi connectivity index (χ4n) is 1.23. The summed E-state index contributed by atoms with van der Waals surface area (Å²) in [6.07, 6.45) is -0.755. The molecule has 1 atom stereocenters. The van der Waals surface area contributed by atoms with Crippen LogP contribution in [0.5, 0.6) is 0 Å². The molecule has 76 valence electrons. The van der Waals surface area contributed by atoms with Gasteiger partial charge in [0.1, 0.15) is 0 Å². The number of aliphatic hydroxyl groups is 1. The second-order valence-corrected chi connectivity index (χ2v) is 3.05. The summed E-state index contributed by atoms with van der Waals surface area (Å²) >= 11 is 0. The SMILES string of the molecule is Cc1cc(C(O)CN)ccc1[N+](=O)[O-]. The van der Waals surface area contributed by atoms with Crippen molar-refractivity contribution in [2.75, 3.05) is 6.54 Å². The van der Waals surface area contributed by atoms with E-state index in [1.54, 1.807) is 13.0 Å². The van der Waals surface area contributed by atoms with E-state index in [0.717, 1.165) is 0 Å². The Morgan fingerprint density at radius 3 is 2.71 bits per heavy atom. The molecule has 0 fully saturated rings. The number of nitro benzene ring substituents is 1. The van der Waals surface area contributed by atoms with Crippen LogP contribution in [-0.2, 0) is 0 Å². The van der Waals surface area contributed by atoms with Crippen LogP contribution in [-0.4, -0.2) is 16.6 Å². The molecule has 1 rings (SSSR count). The van der Waals surface area contributed by atoms with Crippen molar-refractivity contribution >= 4 is 5.69 Å². The first-order valence-electron chi connectivity index (χ1n) is 4.19. The fraction of sp³-hybridized carbons (Fsp3) is 0.333. The van der Waals surface area contributed by atoms with Gasteiger partial charge in [0.2, 0.25) is 0 Å². The summed E-state index contributed by atoms with van der Waals surface area (Å²) in [5.74, 6) is 0. The average Bonchev–Trinajstić information content (AvgIpc) is 2.15. The van der Waals surface area contributed by atoms with Crippen LogP contribution in [0, 0.1) is 17.0 Å². The van der Waals surface area contributed by atoms with Crippen molar-refractivity contribution in [3.63, 3.8) is 0 Å². The van der Waals surface area contributed by atoms with E-state index in [4.69, 9.17) is 5.73 Å². The highest BCUT2D eigenvalue weighted by atomic mass is 16.6. The first kappa shape index (κ1) is 10.6. The largest absolute Gasteiger partial charge is 0.387 e. The van der Waals surface area contributed by atoms with Gasteiger partial charge < -0.3 is 10.8 Å². The maximum Gasteiger partial charge on any atom is 0.272 e. The molecule has 0 amide bonds. The molecule has 0 aliphatic heterocycles. The third-order valence-corrected chi connectivity index (χ3v) is 2.03. The molecule has 0 aliphatic rings. The van der Waals surface area contributed by atoms with Crippen LogP contribution in [0.25, 0.3) is 0 Å². The molecule has 0 heterocycles. The van der Waals surface area contributed by atoms with Gasteiger partial charge in [-0.1, -0.05) is 0 Å². The number of nitrogens with two attached hydrogens (primary N) is 1. The lowest BCUT2D eigenvalue weighted by Gasteiger charge is -2.08. The highest BCUT2D eigenvalue weighted by Crippen LogP contribution is 2.21. The molecule has 0 aliphatic carbocycles. The Kier molecular flexibility index (Phi) is 3.16. The Morgan fingerprint density at radius 2 is 2.29 bits per heavy atom. The van der Waals surface area contributed by atoms with Gasteiger partial charge in [-0.2, -0.15) is 0 Å². The van der Waals surface area contributed by atoms with Gasteiger partial charge in [-0.05, 0) is 24.6 Å². The van der Waals surface area contributed by atoms with Gasteiger partial charge in [0, 0.05) is 18.2 Å². The van der Waals surface area contributed by atoms with Crippen LogP contribution in [0.3, 0.4) is 0 Å². The number of aliphatic hydroxyl groups excluding tert-OH is 1. The molecule has 14 heavy (non-hydrogen) atoms. The van der Waals surface area contributed by atoms with Crippen molar-refractivity contribution in [2.45, 2.75) is 13.0 Å². The number of benzene rings is 1. The number of hydrogen-bond acceptors (Lipinski definition) is 4. The summed E-state index contributed by atoms with van der Waals surface area (Å²) in [7, 11) is 0. The molecule has 1 aromatic carbocycles. The minimum absolute atomic E-state index is 0.0537. The van der Waals surface area contributed by atoms with Gasteiger partial charge in [0.25, 0.3) is 5.69 Å². The van der Waals surface area contributed by atoms with Crippen LogP contribution >= 0.6 is 0 Å². The zero-order valence-electron chi connectivity index (χ0n) is 7.80. The van der Waals surface area contributed by atoms with Crippen LogP contribution < -0.4 is 5.73 Å². The summed E-state index contributed by atoms with van der Waals surface area (Å²) in [5.41, 5.74) is 6.46. The fourth-order valence-corrected chi connectivity index (χ4v) is 1.23. The first-order valence-corrected chi connectivity index (χ1v) is 4.19. The molecule has 0 aromatic heterocycles. The smallest absolute Gasteiger partial charge is 0.272 e. The standard InChI is InChI=1S/C9H12N2O3/c1-6-4-7(9(12)5-10)2-3-8(6)11(13)14/h2-4,9,12H,5,10H2,1H3. The van der Waals surface area contributed by atoms with Gasteiger partial charge >= 0.3 is 0 Å². The monoisotopic (exact) mass is 196 g/mol. The van der Waals surface area contributed by atoms with E-state index in [1.165, 1.54) is 12.1 Å². The minimum Gasteiger partial charge on any atom is -0.387 e. The Hall–Kier alpha value is -1.46. The van der Waals surface area contributed by atoms with Crippen molar-refractivity contribution in [1.82, 2.24) is 0 Å². The number of rotatable bonds is 3. The maximum atomic E-state index is 10.5. The van der Waals surface area contributed by atoms with Crippen LogP contribution in [0.15, 0.2) is 18.2 Å². The molecule has 0 spiro atoms.